The summed E-state index contributed by atoms with van der Waals surface area (Å²) in [7, 11) is 0. The average Bonchev–Trinajstić information content (AvgIpc) is 3.50. The lowest BCUT2D eigenvalue weighted by Crippen LogP contribution is -2.52. The van der Waals surface area contributed by atoms with Crippen molar-refractivity contribution in [3.8, 4) is 0 Å². The van der Waals surface area contributed by atoms with Crippen LogP contribution in [0.1, 0.15) is 44.1 Å². The molecule has 3 amide bonds. The number of carbonyl (C=O) groups excluding carboxylic acids is 4. The van der Waals surface area contributed by atoms with E-state index in [4.69, 9.17) is 0 Å². The van der Waals surface area contributed by atoms with Crippen molar-refractivity contribution in [1.29, 1.82) is 0 Å². The van der Waals surface area contributed by atoms with Crippen molar-refractivity contribution in [3.05, 3.63) is 35.4 Å². The largest absolute Gasteiger partial charge is 0.356 e. The molecule has 0 radical (unpaired) electrons. The molecule has 1 aromatic rings. The first-order valence-corrected chi connectivity index (χ1v) is 11.6. The van der Waals surface area contributed by atoms with E-state index < -0.39 is 23.7 Å². The molecule has 1 saturated carbocycles. The molecule has 2 unspecified atom stereocenters. The van der Waals surface area contributed by atoms with Crippen LogP contribution in [-0.4, -0.2) is 54.1 Å². The maximum atomic E-state index is 13.5. The van der Waals surface area contributed by atoms with Crippen molar-refractivity contribution in [1.82, 2.24) is 15.5 Å². The number of rotatable bonds is 8. The van der Waals surface area contributed by atoms with E-state index in [9.17, 15) is 28.0 Å². The number of aldehydes is 1. The second-order valence-corrected chi connectivity index (χ2v) is 9.36. The molecule has 9 heteroatoms. The van der Waals surface area contributed by atoms with Gasteiger partial charge >= 0.3 is 0 Å². The molecular weight excluding hydrogens is 432 g/mol. The molecule has 2 aliphatic heterocycles. The van der Waals surface area contributed by atoms with E-state index in [1.54, 1.807) is 4.90 Å². The third kappa shape index (κ3) is 5.07. The molecule has 3 fully saturated rings. The van der Waals surface area contributed by atoms with Gasteiger partial charge < -0.3 is 20.3 Å². The monoisotopic (exact) mass is 461 g/mol. The number of aryl methyl sites for hydroxylation is 1. The van der Waals surface area contributed by atoms with E-state index in [0.29, 0.717) is 31.4 Å². The highest BCUT2D eigenvalue weighted by molar-refractivity contribution is 5.90. The number of nitrogens with one attached hydrogen (secondary N) is 2. The van der Waals surface area contributed by atoms with Gasteiger partial charge in [0.15, 0.2) is 11.6 Å². The third-order valence-corrected chi connectivity index (χ3v) is 7.28. The Hall–Kier alpha value is -2.84. The highest BCUT2D eigenvalue weighted by Crippen LogP contribution is 2.42. The van der Waals surface area contributed by atoms with Gasteiger partial charge in [-0.25, -0.2) is 8.78 Å². The highest BCUT2D eigenvalue weighted by atomic mass is 19.2. The zero-order valence-corrected chi connectivity index (χ0v) is 18.4. The summed E-state index contributed by atoms with van der Waals surface area (Å²) < 4.78 is 26.6. The number of hydrogen-bond donors (Lipinski definition) is 2. The lowest BCUT2D eigenvalue weighted by molar-refractivity contribution is -0.140. The van der Waals surface area contributed by atoms with Crippen molar-refractivity contribution in [3.63, 3.8) is 0 Å². The number of likely N-dealkylation sites (tertiary alicyclic amines) is 1. The zero-order valence-electron chi connectivity index (χ0n) is 18.4. The van der Waals surface area contributed by atoms with Crippen LogP contribution in [0.15, 0.2) is 18.2 Å². The average molecular weight is 462 g/mol. The normalized spacial score (nSPS) is 27.2. The smallest absolute Gasteiger partial charge is 0.243 e. The van der Waals surface area contributed by atoms with Crippen molar-refractivity contribution in [2.24, 2.45) is 17.8 Å². The Morgan fingerprint density at radius 1 is 1.21 bits per heavy atom. The van der Waals surface area contributed by atoms with Crippen molar-refractivity contribution < 1.29 is 28.0 Å². The van der Waals surface area contributed by atoms with Gasteiger partial charge in [0, 0.05) is 25.4 Å². The van der Waals surface area contributed by atoms with E-state index in [2.05, 4.69) is 10.6 Å². The molecule has 2 N–H and O–H groups in total. The molecule has 1 aliphatic carbocycles. The summed E-state index contributed by atoms with van der Waals surface area (Å²) >= 11 is 0. The van der Waals surface area contributed by atoms with E-state index in [1.807, 2.05) is 0 Å². The van der Waals surface area contributed by atoms with E-state index in [1.165, 1.54) is 6.07 Å². The van der Waals surface area contributed by atoms with Crippen LogP contribution in [0.25, 0.3) is 0 Å². The minimum absolute atomic E-state index is 0.0410. The number of hydrogen-bond acceptors (Lipinski definition) is 4. The maximum absolute atomic E-state index is 13.5. The maximum Gasteiger partial charge on any atom is 0.243 e. The Kier molecular flexibility index (Phi) is 7.05. The lowest BCUT2D eigenvalue weighted by Gasteiger charge is -2.28. The third-order valence-electron chi connectivity index (χ3n) is 7.28. The number of benzene rings is 1. The van der Waals surface area contributed by atoms with Crippen molar-refractivity contribution >= 4 is 24.0 Å². The number of nitrogens with zero attached hydrogens (tertiary/aromatic N) is 1. The molecule has 33 heavy (non-hydrogen) atoms. The Morgan fingerprint density at radius 2 is 2.03 bits per heavy atom. The van der Waals surface area contributed by atoms with Gasteiger partial charge in [-0.1, -0.05) is 12.5 Å². The fourth-order valence-electron chi connectivity index (χ4n) is 5.58. The number of halogens is 2. The van der Waals surface area contributed by atoms with Crippen molar-refractivity contribution in [2.45, 2.75) is 57.0 Å². The van der Waals surface area contributed by atoms with Gasteiger partial charge in [-0.2, -0.15) is 0 Å². The summed E-state index contributed by atoms with van der Waals surface area (Å²) in [4.78, 5) is 51.3. The predicted octanol–water partition coefficient (Wildman–Crippen LogP) is 1.73. The molecule has 4 rings (SSSR count). The van der Waals surface area contributed by atoms with E-state index in [-0.39, 0.29) is 54.7 Å². The Labute approximate surface area is 191 Å². The first kappa shape index (κ1) is 23.3. The Balaban J connectivity index is 1.41. The first-order valence-electron chi connectivity index (χ1n) is 11.6. The SMILES string of the molecule is O=C[C@H](C[C@@H]1CCNC1=O)NC(=O)[C@H]1C2CCCC2CN1C(=O)CCc1ccc(F)c(F)c1. The van der Waals surface area contributed by atoms with Gasteiger partial charge in [-0.3, -0.25) is 14.4 Å². The number of amides is 3. The second-order valence-electron chi connectivity index (χ2n) is 9.36. The summed E-state index contributed by atoms with van der Waals surface area (Å²) in [6.45, 7) is 1.05. The summed E-state index contributed by atoms with van der Waals surface area (Å²) in [5.41, 5.74) is 0.513. The van der Waals surface area contributed by atoms with Gasteiger partial charge in [-0.15, -0.1) is 0 Å². The zero-order chi connectivity index (χ0) is 23.5. The van der Waals surface area contributed by atoms with Crippen LogP contribution in [0.2, 0.25) is 0 Å². The molecule has 2 heterocycles. The quantitative estimate of drug-likeness (QED) is 0.577. The lowest BCUT2D eigenvalue weighted by atomic mass is 9.92. The number of carbonyl (C=O) groups is 4. The fraction of sp³-hybridized carbons (Fsp3) is 0.583. The molecule has 0 spiro atoms. The molecule has 178 valence electrons. The highest BCUT2D eigenvalue weighted by Gasteiger charge is 2.49. The van der Waals surface area contributed by atoms with Gasteiger partial charge in [0.25, 0.3) is 0 Å². The summed E-state index contributed by atoms with van der Waals surface area (Å²) in [6, 6.07) is 2.12. The van der Waals surface area contributed by atoms with Gasteiger partial charge in [-0.05, 0) is 61.6 Å². The van der Waals surface area contributed by atoms with Crippen LogP contribution in [0.4, 0.5) is 8.78 Å². The molecular formula is C24H29F2N3O4. The standard InChI is InChI=1S/C24H29F2N3O4/c25-19-6-4-14(10-20(19)26)5-7-21(31)29-12-16-2-1-3-18(16)22(29)24(33)28-17(13-30)11-15-8-9-27-23(15)32/h4,6,10,13,15-18,22H,1-3,5,7-9,11-12H2,(H,27,32)(H,28,33)/t15-,16?,17-,18?,22+/m0/s1. The van der Waals surface area contributed by atoms with Crippen LogP contribution in [0.5, 0.6) is 0 Å². The summed E-state index contributed by atoms with van der Waals surface area (Å²) in [6.07, 6.45) is 4.62. The molecule has 2 saturated heterocycles. The Morgan fingerprint density at radius 3 is 2.73 bits per heavy atom. The van der Waals surface area contributed by atoms with Gasteiger partial charge in [0.1, 0.15) is 12.3 Å². The summed E-state index contributed by atoms with van der Waals surface area (Å²) in [5, 5.41) is 5.50. The van der Waals surface area contributed by atoms with Gasteiger partial charge in [0.05, 0.1) is 6.04 Å². The Bertz CT molecular complexity index is 940. The van der Waals surface area contributed by atoms with Gasteiger partial charge in [0.2, 0.25) is 17.7 Å². The fourth-order valence-corrected chi connectivity index (χ4v) is 5.58. The van der Waals surface area contributed by atoms with Crippen LogP contribution in [0, 0.1) is 29.4 Å². The van der Waals surface area contributed by atoms with Crippen LogP contribution in [-0.2, 0) is 25.6 Å². The van der Waals surface area contributed by atoms with E-state index >= 15 is 0 Å². The van der Waals surface area contributed by atoms with Crippen molar-refractivity contribution in [2.75, 3.05) is 13.1 Å². The molecule has 1 aromatic carbocycles. The topological polar surface area (TPSA) is 95.6 Å². The minimum Gasteiger partial charge on any atom is -0.356 e. The predicted molar refractivity (Wildman–Crippen MR) is 115 cm³/mol. The number of fused-ring (bicyclic) bond motifs is 1. The van der Waals surface area contributed by atoms with Crippen LogP contribution < -0.4 is 10.6 Å². The van der Waals surface area contributed by atoms with Crippen LogP contribution >= 0.6 is 0 Å². The molecule has 0 aromatic heterocycles. The molecule has 5 atom stereocenters. The molecule has 3 aliphatic rings. The molecule has 7 nitrogen and oxygen atoms in total. The van der Waals surface area contributed by atoms with E-state index in [0.717, 1.165) is 31.4 Å². The first-order chi connectivity index (χ1) is 15.9. The summed E-state index contributed by atoms with van der Waals surface area (Å²) in [5.74, 6) is -2.60. The molecule has 0 bridgehead atoms. The minimum atomic E-state index is -0.955. The van der Waals surface area contributed by atoms with Crippen LogP contribution in [0.3, 0.4) is 0 Å². The second kappa shape index (κ2) is 9.97.